The zero-order valence-corrected chi connectivity index (χ0v) is 17.5. The molecule has 2 aliphatic carbocycles. The first-order chi connectivity index (χ1) is 15.4. The highest BCUT2D eigenvalue weighted by Crippen LogP contribution is 2.57. The van der Waals surface area contributed by atoms with E-state index < -0.39 is 30.4 Å². The molecule has 0 spiro atoms. The zero-order chi connectivity index (χ0) is 22.4. The van der Waals surface area contributed by atoms with Gasteiger partial charge in [0.15, 0.2) is 12.4 Å². The lowest BCUT2D eigenvalue weighted by Gasteiger charge is -2.22. The number of hydrogen-bond acceptors (Lipinski definition) is 7. The van der Waals surface area contributed by atoms with E-state index in [1.165, 1.54) is 24.3 Å². The Morgan fingerprint density at radius 1 is 0.969 bits per heavy atom. The summed E-state index contributed by atoms with van der Waals surface area (Å²) in [6.07, 6.45) is 1.45. The number of Topliss-reactive ketones (excluding diaryl/α,β-unsaturated/α-hetero) is 1. The Balaban J connectivity index is 1.16. The monoisotopic (exact) mass is 434 g/mol. The van der Waals surface area contributed by atoms with Crippen molar-refractivity contribution in [2.75, 3.05) is 6.61 Å². The Labute approximate surface area is 184 Å². The summed E-state index contributed by atoms with van der Waals surface area (Å²) in [5, 5.41) is 0. The van der Waals surface area contributed by atoms with Crippen molar-refractivity contribution >= 4 is 23.7 Å². The number of benzene rings is 2. The third kappa shape index (κ3) is 3.57. The van der Waals surface area contributed by atoms with Crippen LogP contribution in [0.1, 0.15) is 39.1 Å². The molecule has 1 saturated heterocycles. The molecule has 1 aliphatic heterocycles. The highest BCUT2D eigenvalue weighted by Gasteiger charge is 2.64. The van der Waals surface area contributed by atoms with Crippen molar-refractivity contribution in [3.8, 4) is 5.75 Å². The van der Waals surface area contributed by atoms with Crippen molar-refractivity contribution in [3.63, 3.8) is 0 Å². The number of carbonyl (C=O) groups excluding carboxylic acids is 4. The van der Waals surface area contributed by atoms with E-state index in [1.54, 1.807) is 12.1 Å². The fraction of sp³-hybridized carbons (Fsp3) is 0.360. The lowest BCUT2D eigenvalue weighted by atomic mass is 9.80. The smallest absolute Gasteiger partial charge is 0.343 e. The van der Waals surface area contributed by atoms with Gasteiger partial charge in [0, 0.05) is 11.5 Å². The molecule has 5 atom stereocenters. The second kappa shape index (κ2) is 7.89. The van der Waals surface area contributed by atoms with Crippen LogP contribution >= 0.6 is 0 Å². The Morgan fingerprint density at radius 2 is 1.66 bits per heavy atom. The minimum Gasteiger partial charge on any atom is -0.462 e. The Hall–Kier alpha value is -3.48. The second-order valence-corrected chi connectivity index (χ2v) is 8.73. The van der Waals surface area contributed by atoms with Crippen LogP contribution in [0.2, 0.25) is 0 Å². The van der Waals surface area contributed by atoms with E-state index in [0.29, 0.717) is 23.3 Å². The van der Waals surface area contributed by atoms with Crippen LogP contribution in [0.15, 0.2) is 48.5 Å². The molecular weight excluding hydrogens is 412 g/mol. The van der Waals surface area contributed by atoms with Crippen LogP contribution in [0, 0.1) is 30.6 Å². The van der Waals surface area contributed by atoms with Crippen LogP contribution < -0.4 is 4.74 Å². The van der Waals surface area contributed by atoms with Gasteiger partial charge in [-0.3, -0.25) is 14.4 Å². The minimum absolute atomic E-state index is 0.0539. The molecule has 164 valence electrons. The SMILES string of the molecule is Cc1ccc(C(=O)Oc2ccc(C(=O)COC(=O)[C@@H]3[C@@H]4C[C@@H]5[C@H]3C(=O)O[C@@H]5C4)cc2)cc1. The van der Waals surface area contributed by atoms with Gasteiger partial charge in [-0.15, -0.1) is 0 Å². The highest BCUT2D eigenvalue weighted by molar-refractivity contribution is 5.98. The largest absolute Gasteiger partial charge is 0.462 e. The molecule has 3 aliphatic rings. The number of hydrogen-bond donors (Lipinski definition) is 0. The Morgan fingerprint density at radius 3 is 2.38 bits per heavy atom. The van der Waals surface area contributed by atoms with Gasteiger partial charge >= 0.3 is 17.9 Å². The number of ether oxygens (including phenoxy) is 3. The van der Waals surface area contributed by atoms with E-state index in [-0.39, 0.29) is 29.7 Å². The van der Waals surface area contributed by atoms with Crippen LogP contribution in [0.5, 0.6) is 5.75 Å². The maximum atomic E-state index is 12.6. The van der Waals surface area contributed by atoms with Crippen LogP contribution in [0.4, 0.5) is 0 Å². The summed E-state index contributed by atoms with van der Waals surface area (Å²) in [5.41, 5.74) is 1.81. The van der Waals surface area contributed by atoms with Crippen LogP contribution in [-0.2, 0) is 19.1 Å². The minimum atomic E-state index is -0.511. The Bertz CT molecular complexity index is 1080. The summed E-state index contributed by atoms with van der Waals surface area (Å²) >= 11 is 0. The standard InChI is InChI=1S/C25H22O7/c1-13-2-4-15(5-3-13)23(27)31-17-8-6-14(7-9-17)19(26)12-30-24(28)21-16-10-18-20(11-16)32-25(29)22(18)21/h2-9,16,18,20-22H,10-12H2,1H3/t16-,18+,20-,21-,22-/m1/s1. The van der Waals surface area contributed by atoms with Gasteiger partial charge in [-0.05, 0) is 62.1 Å². The highest BCUT2D eigenvalue weighted by atomic mass is 16.6. The van der Waals surface area contributed by atoms with Crippen molar-refractivity contribution in [1.82, 2.24) is 0 Å². The average Bonchev–Trinajstić information content (AvgIpc) is 3.41. The van der Waals surface area contributed by atoms with Gasteiger partial charge in [-0.1, -0.05) is 17.7 Å². The molecule has 7 heteroatoms. The van der Waals surface area contributed by atoms with Crippen molar-refractivity contribution in [1.29, 1.82) is 0 Å². The van der Waals surface area contributed by atoms with Crippen LogP contribution in [0.25, 0.3) is 0 Å². The van der Waals surface area contributed by atoms with E-state index >= 15 is 0 Å². The Kier molecular flexibility index (Phi) is 5.04. The molecule has 2 aromatic rings. The van der Waals surface area contributed by atoms with Gasteiger partial charge in [-0.2, -0.15) is 0 Å². The number of fused-ring (bicyclic) bond motifs is 1. The molecule has 0 N–H and O–H groups in total. The van der Waals surface area contributed by atoms with Crippen molar-refractivity contribution < 1.29 is 33.4 Å². The molecule has 0 unspecified atom stereocenters. The van der Waals surface area contributed by atoms with Crippen LogP contribution in [0.3, 0.4) is 0 Å². The molecule has 2 aromatic carbocycles. The summed E-state index contributed by atoms with van der Waals surface area (Å²) in [4.78, 5) is 49.3. The molecule has 3 fully saturated rings. The van der Waals surface area contributed by atoms with Crippen molar-refractivity contribution in [2.24, 2.45) is 23.7 Å². The maximum Gasteiger partial charge on any atom is 0.343 e. The molecule has 0 radical (unpaired) electrons. The first-order valence-corrected chi connectivity index (χ1v) is 10.7. The predicted octanol–water partition coefficient (Wildman–Crippen LogP) is 3.14. The summed E-state index contributed by atoms with van der Waals surface area (Å²) in [6, 6.07) is 13.1. The summed E-state index contributed by atoms with van der Waals surface area (Å²) < 4.78 is 15.9. The summed E-state index contributed by atoms with van der Waals surface area (Å²) in [5.74, 6) is -2.11. The predicted molar refractivity (Wildman–Crippen MR) is 111 cm³/mol. The summed E-state index contributed by atoms with van der Waals surface area (Å²) in [7, 11) is 0. The normalized spacial score (nSPS) is 27.2. The number of esters is 3. The zero-order valence-electron chi connectivity index (χ0n) is 17.5. The molecule has 2 saturated carbocycles. The third-order valence-electron chi connectivity index (χ3n) is 6.78. The van der Waals surface area contributed by atoms with Gasteiger partial charge in [0.1, 0.15) is 11.9 Å². The quantitative estimate of drug-likeness (QED) is 0.391. The molecule has 1 heterocycles. The topological polar surface area (TPSA) is 96.0 Å². The van der Waals surface area contributed by atoms with Gasteiger partial charge in [0.2, 0.25) is 0 Å². The molecule has 7 nitrogen and oxygen atoms in total. The van der Waals surface area contributed by atoms with Crippen molar-refractivity contribution in [2.45, 2.75) is 25.9 Å². The molecule has 0 aromatic heterocycles. The first-order valence-electron chi connectivity index (χ1n) is 10.7. The molecular formula is C25H22O7. The molecule has 5 rings (SSSR count). The fourth-order valence-electron chi connectivity index (χ4n) is 5.21. The number of rotatable bonds is 6. The number of aryl methyl sites for hydroxylation is 1. The fourth-order valence-corrected chi connectivity index (χ4v) is 5.21. The van der Waals surface area contributed by atoms with E-state index in [9.17, 15) is 19.2 Å². The van der Waals surface area contributed by atoms with E-state index in [1.807, 2.05) is 19.1 Å². The van der Waals surface area contributed by atoms with E-state index in [0.717, 1.165) is 12.0 Å². The van der Waals surface area contributed by atoms with E-state index in [2.05, 4.69) is 0 Å². The number of ketones is 1. The maximum absolute atomic E-state index is 12.6. The first kappa shape index (κ1) is 20.4. The van der Waals surface area contributed by atoms with Gasteiger partial charge < -0.3 is 14.2 Å². The average molecular weight is 434 g/mol. The lowest BCUT2D eigenvalue weighted by molar-refractivity contribution is -0.154. The second-order valence-electron chi connectivity index (χ2n) is 8.73. The van der Waals surface area contributed by atoms with Crippen LogP contribution in [-0.4, -0.2) is 36.4 Å². The van der Waals surface area contributed by atoms with Gasteiger partial charge in [-0.25, -0.2) is 4.79 Å². The molecule has 2 bridgehead atoms. The molecule has 0 amide bonds. The lowest BCUT2D eigenvalue weighted by Crippen LogP contribution is -2.34. The number of carbonyl (C=O) groups is 4. The van der Waals surface area contributed by atoms with Gasteiger partial charge in [0.05, 0.1) is 17.4 Å². The third-order valence-corrected chi connectivity index (χ3v) is 6.78. The van der Waals surface area contributed by atoms with E-state index in [4.69, 9.17) is 14.2 Å². The van der Waals surface area contributed by atoms with Crippen molar-refractivity contribution in [3.05, 3.63) is 65.2 Å². The molecule has 32 heavy (non-hydrogen) atoms. The van der Waals surface area contributed by atoms with Gasteiger partial charge in [0.25, 0.3) is 0 Å². The summed E-state index contributed by atoms with van der Waals surface area (Å²) in [6.45, 7) is 1.53.